The quantitative estimate of drug-likeness (QED) is 0.612. The van der Waals surface area contributed by atoms with Crippen LogP contribution in [0.2, 0.25) is 0 Å². The first-order chi connectivity index (χ1) is 14.3. The van der Waals surface area contributed by atoms with E-state index in [-0.39, 0.29) is 16.6 Å². The van der Waals surface area contributed by atoms with Crippen molar-refractivity contribution in [3.63, 3.8) is 0 Å². The summed E-state index contributed by atoms with van der Waals surface area (Å²) in [5.41, 5.74) is 2.72. The van der Waals surface area contributed by atoms with Crippen LogP contribution in [0.3, 0.4) is 0 Å². The zero-order chi connectivity index (χ0) is 21.7. The predicted molar refractivity (Wildman–Crippen MR) is 121 cm³/mol. The Morgan fingerprint density at radius 2 is 1.87 bits per heavy atom. The summed E-state index contributed by atoms with van der Waals surface area (Å²) in [6, 6.07) is 10.9. The van der Waals surface area contributed by atoms with Gasteiger partial charge in [0.15, 0.2) is 0 Å². The molecule has 0 aliphatic carbocycles. The van der Waals surface area contributed by atoms with Gasteiger partial charge in [-0.15, -0.1) is 11.8 Å². The highest BCUT2D eigenvalue weighted by molar-refractivity contribution is 8.00. The van der Waals surface area contributed by atoms with E-state index >= 15 is 0 Å². The summed E-state index contributed by atoms with van der Waals surface area (Å²) in [7, 11) is -3.66. The lowest BCUT2D eigenvalue weighted by atomic mass is 10.2. The van der Waals surface area contributed by atoms with E-state index in [4.69, 9.17) is 4.74 Å². The van der Waals surface area contributed by atoms with Crippen molar-refractivity contribution < 1.29 is 17.9 Å². The van der Waals surface area contributed by atoms with Crippen LogP contribution in [0.15, 0.2) is 46.2 Å². The molecule has 1 aliphatic rings. The minimum Gasteiger partial charge on any atom is -0.492 e. The van der Waals surface area contributed by atoms with Crippen LogP contribution in [0, 0.1) is 13.8 Å². The fourth-order valence-corrected chi connectivity index (χ4v) is 5.93. The van der Waals surface area contributed by atoms with Crippen LogP contribution < -0.4 is 10.1 Å². The molecular weight excluding hydrogens is 420 g/mol. The zero-order valence-corrected chi connectivity index (χ0v) is 19.2. The van der Waals surface area contributed by atoms with Crippen molar-refractivity contribution in [2.24, 2.45) is 0 Å². The Balaban J connectivity index is 1.75. The number of hydrogen-bond donors (Lipinski definition) is 1. The molecule has 1 heterocycles. The molecule has 1 saturated heterocycles. The van der Waals surface area contributed by atoms with Crippen molar-refractivity contribution >= 4 is 33.4 Å². The molecule has 6 nitrogen and oxygen atoms in total. The number of carbonyl (C=O) groups is 1. The number of amides is 1. The van der Waals surface area contributed by atoms with E-state index in [2.05, 4.69) is 11.4 Å². The van der Waals surface area contributed by atoms with Crippen molar-refractivity contribution in [2.75, 3.05) is 30.8 Å². The highest BCUT2D eigenvalue weighted by Crippen LogP contribution is 2.32. The molecule has 0 saturated carbocycles. The van der Waals surface area contributed by atoms with Gasteiger partial charge >= 0.3 is 0 Å². The van der Waals surface area contributed by atoms with Gasteiger partial charge in [-0.25, -0.2) is 8.42 Å². The molecule has 0 aromatic heterocycles. The molecule has 0 spiro atoms. The molecule has 2 aromatic rings. The third-order valence-corrected chi connectivity index (χ3v) is 7.99. The number of anilines is 1. The molecule has 0 bridgehead atoms. The second-order valence-electron chi connectivity index (χ2n) is 7.31. The fourth-order valence-electron chi connectivity index (χ4n) is 3.33. The smallest absolute Gasteiger partial charge is 0.246 e. The maximum absolute atomic E-state index is 13.1. The molecule has 3 rings (SSSR count). The molecule has 1 N–H and O–H groups in total. The van der Waals surface area contributed by atoms with E-state index in [9.17, 15) is 13.2 Å². The van der Waals surface area contributed by atoms with E-state index in [1.807, 2.05) is 32.9 Å². The molecular formula is C22H28N2O4S2. The maximum Gasteiger partial charge on any atom is 0.246 e. The van der Waals surface area contributed by atoms with Gasteiger partial charge in [0, 0.05) is 23.7 Å². The molecule has 162 valence electrons. The van der Waals surface area contributed by atoms with Crippen LogP contribution in [0.25, 0.3) is 0 Å². The molecule has 2 aromatic carbocycles. The molecule has 0 unspecified atom stereocenters. The Bertz CT molecular complexity index is 1020. The van der Waals surface area contributed by atoms with Crippen molar-refractivity contribution in [3.05, 3.63) is 47.5 Å². The summed E-state index contributed by atoms with van der Waals surface area (Å²) in [4.78, 5) is 13.7. The van der Waals surface area contributed by atoms with Gasteiger partial charge in [0.25, 0.3) is 0 Å². The summed E-state index contributed by atoms with van der Waals surface area (Å²) in [6.07, 6.45) is 1.71. The predicted octanol–water partition coefficient (Wildman–Crippen LogP) is 4.22. The molecule has 1 fully saturated rings. The summed E-state index contributed by atoms with van der Waals surface area (Å²) in [5.74, 6) is 0.368. The summed E-state index contributed by atoms with van der Waals surface area (Å²) < 4.78 is 33.2. The lowest BCUT2D eigenvalue weighted by Crippen LogP contribution is -2.28. The Labute approximate surface area is 183 Å². The number of hydrogen-bond acceptors (Lipinski definition) is 5. The minimum atomic E-state index is -3.66. The van der Waals surface area contributed by atoms with Gasteiger partial charge in [-0.05, 0) is 63.4 Å². The third kappa shape index (κ3) is 5.36. The largest absolute Gasteiger partial charge is 0.492 e. The number of carbonyl (C=O) groups excluding carboxylic acids is 1. The molecule has 8 heteroatoms. The van der Waals surface area contributed by atoms with Gasteiger partial charge in [0.2, 0.25) is 15.9 Å². The Morgan fingerprint density at radius 1 is 1.13 bits per heavy atom. The first-order valence-corrected chi connectivity index (χ1v) is 12.5. The summed E-state index contributed by atoms with van der Waals surface area (Å²) in [6.45, 7) is 7.23. The van der Waals surface area contributed by atoms with E-state index in [0.29, 0.717) is 31.1 Å². The van der Waals surface area contributed by atoms with E-state index < -0.39 is 10.0 Å². The van der Waals surface area contributed by atoms with Crippen LogP contribution in [0.4, 0.5) is 5.69 Å². The van der Waals surface area contributed by atoms with Crippen molar-refractivity contribution in [2.45, 2.75) is 43.4 Å². The van der Waals surface area contributed by atoms with E-state index in [1.165, 1.54) is 22.1 Å². The normalized spacial score (nSPS) is 14.6. The number of rotatable bonds is 8. The molecule has 0 radical (unpaired) electrons. The average Bonchev–Trinajstić information content (AvgIpc) is 3.26. The first-order valence-electron chi connectivity index (χ1n) is 10.1. The van der Waals surface area contributed by atoms with Crippen LogP contribution in [-0.4, -0.2) is 44.1 Å². The Morgan fingerprint density at radius 3 is 2.57 bits per heavy atom. The zero-order valence-electron chi connectivity index (χ0n) is 17.6. The minimum absolute atomic E-state index is 0.103. The SMILES string of the molecule is CCOc1ccc(NC(=O)CSc2cc(C)ccc2C)cc1S(=O)(=O)N1CCCC1. The number of ether oxygens (including phenoxy) is 1. The third-order valence-electron chi connectivity index (χ3n) is 4.91. The second kappa shape index (κ2) is 9.85. The van der Waals surface area contributed by atoms with Crippen molar-refractivity contribution in [1.29, 1.82) is 0 Å². The van der Waals surface area contributed by atoms with Gasteiger partial charge in [0.1, 0.15) is 10.6 Å². The van der Waals surface area contributed by atoms with Crippen molar-refractivity contribution in [1.82, 2.24) is 4.31 Å². The highest BCUT2D eigenvalue weighted by Gasteiger charge is 2.30. The number of nitrogens with one attached hydrogen (secondary N) is 1. The average molecular weight is 449 g/mol. The number of thioether (sulfide) groups is 1. The topological polar surface area (TPSA) is 75.7 Å². The number of nitrogens with zero attached hydrogens (tertiary/aromatic N) is 1. The Kier molecular flexibility index (Phi) is 7.44. The van der Waals surface area contributed by atoms with Crippen LogP contribution in [0.1, 0.15) is 30.9 Å². The highest BCUT2D eigenvalue weighted by atomic mass is 32.2. The van der Waals surface area contributed by atoms with Crippen LogP contribution >= 0.6 is 11.8 Å². The standard InChI is InChI=1S/C22H28N2O4S2/c1-4-28-19-10-9-18(14-21(19)30(26,27)24-11-5-6-12-24)23-22(25)15-29-20-13-16(2)7-8-17(20)3/h7-10,13-14H,4-6,11-12,15H2,1-3H3,(H,23,25). The summed E-state index contributed by atoms with van der Waals surface area (Å²) >= 11 is 1.47. The molecule has 0 atom stereocenters. The monoisotopic (exact) mass is 448 g/mol. The van der Waals surface area contributed by atoms with E-state index in [0.717, 1.165) is 28.9 Å². The maximum atomic E-state index is 13.1. The number of benzene rings is 2. The number of sulfonamides is 1. The molecule has 1 aliphatic heterocycles. The second-order valence-corrected chi connectivity index (χ2v) is 10.2. The first kappa shape index (κ1) is 22.7. The van der Waals surface area contributed by atoms with Crippen LogP contribution in [0.5, 0.6) is 5.75 Å². The van der Waals surface area contributed by atoms with Crippen molar-refractivity contribution in [3.8, 4) is 5.75 Å². The fraction of sp³-hybridized carbons (Fsp3) is 0.409. The van der Waals surface area contributed by atoms with Gasteiger partial charge < -0.3 is 10.1 Å². The Hall–Kier alpha value is -2.03. The van der Waals surface area contributed by atoms with E-state index in [1.54, 1.807) is 12.1 Å². The number of aryl methyl sites for hydroxylation is 2. The lowest BCUT2D eigenvalue weighted by molar-refractivity contribution is -0.113. The molecule has 30 heavy (non-hydrogen) atoms. The molecule has 1 amide bonds. The van der Waals surface area contributed by atoms with Gasteiger partial charge in [-0.1, -0.05) is 17.7 Å². The lowest BCUT2D eigenvalue weighted by Gasteiger charge is -2.19. The van der Waals surface area contributed by atoms with Gasteiger partial charge in [0.05, 0.1) is 12.4 Å². The van der Waals surface area contributed by atoms with Gasteiger partial charge in [-0.3, -0.25) is 4.79 Å². The van der Waals surface area contributed by atoms with Gasteiger partial charge in [-0.2, -0.15) is 4.31 Å². The summed E-state index contributed by atoms with van der Waals surface area (Å²) in [5, 5.41) is 2.82. The van der Waals surface area contributed by atoms with Crippen LogP contribution in [-0.2, 0) is 14.8 Å².